The van der Waals surface area contributed by atoms with Gasteiger partial charge in [-0.15, -0.1) is 0 Å². The van der Waals surface area contributed by atoms with Gasteiger partial charge in [0, 0.05) is 19.7 Å². The standard InChI is InChI=1S/C13H16N2O/c1-10-3-5-11(6-4-10)13(16)9-12-7-8-15(2)14-12/h3-8,13,16H,9H2,1-2H3. The van der Waals surface area contributed by atoms with Gasteiger partial charge in [-0.2, -0.15) is 5.10 Å². The SMILES string of the molecule is Cc1ccc(C(O)Cc2ccn(C)n2)cc1. The summed E-state index contributed by atoms with van der Waals surface area (Å²) >= 11 is 0. The minimum atomic E-state index is -0.476. The van der Waals surface area contributed by atoms with Crippen molar-refractivity contribution in [3.63, 3.8) is 0 Å². The maximum absolute atomic E-state index is 10.0. The predicted octanol–water partition coefficient (Wildman–Crippen LogP) is 2.00. The molecule has 0 bridgehead atoms. The summed E-state index contributed by atoms with van der Waals surface area (Å²) in [6, 6.07) is 9.87. The highest BCUT2D eigenvalue weighted by atomic mass is 16.3. The Morgan fingerprint density at radius 1 is 1.25 bits per heavy atom. The first-order chi connectivity index (χ1) is 7.65. The number of rotatable bonds is 3. The number of nitrogens with zero attached hydrogens (tertiary/aromatic N) is 2. The molecule has 0 saturated carbocycles. The topological polar surface area (TPSA) is 38.0 Å². The lowest BCUT2D eigenvalue weighted by Gasteiger charge is -2.09. The van der Waals surface area contributed by atoms with Gasteiger partial charge in [0.15, 0.2) is 0 Å². The van der Waals surface area contributed by atoms with E-state index in [9.17, 15) is 5.11 Å². The molecule has 1 heterocycles. The number of benzene rings is 1. The summed E-state index contributed by atoms with van der Waals surface area (Å²) in [4.78, 5) is 0. The van der Waals surface area contributed by atoms with Gasteiger partial charge < -0.3 is 5.11 Å². The fraction of sp³-hybridized carbons (Fsp3) is 0.308. The summed E-state index contributed by atoms with van der Waals surface area (Å²) in [7, 11) is 1.88. The Bertz CT molecular complexity index is 459. The van der Waals surface area contributed by atoms with Crippen molar-refractivity contribution in [1.29, 1.82) is 0 Å². The highest BCUT2D eigenvalue weighted by Gasteiger charge is 2.09. The van der Waals surface area contributed by atoms with E-state index >= 15 is 0 Å². The lowest BCUT2D eigenvalue weighted by atomic mass is 10.0. The molecule has 0 aliphatic rings. The summed E-state index contributed by atoms with van der Waals surface area (Å²) in [6.45, 7) is 2.04. The molecule has 0 aliphatic heterocycles. The van der Waals surface area contributed by atoms with Crippen molar-refractivity contribution in [3.05, 3.63) is 53.3 Å². The third-order valence-electron chi connectivity index (χ3n) is 2.63. The maximum Gasteiger partial charge on any atom is 0.0846 e. The van der Waals surface area contributed by atoms with Crippen LogP contribution in [0.1, 0.15) is 22.9 Å². The molecule has 0 spiro atoms. The number of aliphatic hydroxyl groups is 1. The Hall–Kier alpha value is -1.61. The van der Waals surface area contributed by atoms with Gasteiger partial charge >= 0.3 is 0 Å². The molecule has 1 aromatic carbocycles. The molecule has 1 unspecified atom stereocenters. The second-order valence-corrected chi connectivity index (χ2v) is 4.11. The van der Waals surface area contributed by atoms with Gasteiger partial charge in [0.2, 0.25) is 0 Å². The number of hydrogen-bond donors (Lipinski definition) is 1. The van der Waals surface area contributed by atoms with E-state index < -0.39 is 6.10 Å². The van der Waals surface area contributed by atoms with Gasteiger partial charge in [-0.05, 0) is 18.6 Å². The van der Waals surface area contributed by atoms with Crippen LogP contribution < -0.4 is 0 Å². The molecule has 0 saturated heterocycles. The van der Waals surface area contributed by atoms with Crippen LogP contribution in [0.25, 0.3) is 0 Å². The van der Waals surface area contributed by atoms with Gasteiger partial charge in [-0.3, -0.25) is 4.68 Å². The highest BCUT2D eigenvalue weighted by Crippen LogP contribution is 2.17. The van der Waals surface area contributed by atoms with Crippen LogP contribution in [0.4, 0.5) is 0 Å². The molecule has 84 valence electrons. The zero-order chi connectivity index (χ0) is 11.5. The van der Waals surface area contributed by atoms with E-state index in [0.29, 0.717) is 6.42 Å². The third-order valence-corrected chi connectivity index (χ3v) is 2.63. The van der Waals surface area contributed by atoms with Crippen LogP contribution in [-0.4, -0.2) is 14.9 Å². The molecule has 2 aromatic rings. The lowest BCUT2D eigenvalue weighted by Crippen LogP contribution is -2.03. The van der Waals surface area contributed by atoms with Gasteiger partial charge in [-0.25, -0.2) is 0 Å². The van der Waals surface area contributed by atoms with Crippen molar-refractivity contribution in [2.45, 2.75) is 19.4 Å². The molecular weight excluding hydrogens is 200 g/mol. The summed E-state index contributed by atoms with van der Waals surface area (Å²) in [5.41, 5.74) is 3.06. The van der Waals surface area contributed by atoms with Crippen molar-refractivity contribution in [3.8, 4) is 0 Å². The van der Waals surface area contributed by atoms with Crippen LogP contribution in [-0.2, 0) is 13.5 Å². The van der Waals surface area contributed by atoms with Crippen LogP contribution in [0, 0.1) is 6.92 Å². The Balaban J connectivity index is 2.08. The highest BCUT2D eigenvalue weighted by molar-refractivity contribution is 5.24. The van der Waals surface area contributed by atoms with E-state index in [0.717, 1.165) is 11.3 Å². The first kappa shape index (κ1) is 10.9. The van der Waals surface area contributed by atoms with Gasteiger partial charge in [0.05, 0.1) is 11.8 Å². The normalized spacial score (nSPS) is 12.7. The van der Waals surface area contributed by atoms with E-state index in [1.54, 1.807) is 4.68 Å². The van der Waals surface area contributed by atoms with Crippen molar-refractivity contribution in [1.82, 2.24) is 9.78 Å². The first-order valence-electron chi connectivity index (χ1n) is 5.38. The Morgan fingerprint density at radius 2 is 1.94 bits per heavy atom. The van der Waals surface area contributed by atoms with E-state index in [4.69, 9.17) is 0 Å². The zero-order valence-corrected chi connectivity index (χ0v) is 9.59. The molecule has 0 fully saturated rings. The van der Waals surface area contributed by atoms with Crippen molar-refractivity contribution < 1.29 is 5.11 Å². The molecule has 2 rings (SSSR count). The third kappa shape index (κ3) is 2.49. The van der Waals surface area contributed by atoms with Gasteiger partial charge in [0.1, 0.15) is 0 Å². The Morgan fingerprint density at radius 3 is 2.50 bits per heavy atom. The average Bonchev–Trinajstić information content (AvgIpc) is 2.65. The molecule has 0 aliphatic carbocycles. The van der Waals surface area contributed by atoms with Gasteiger partial charge in [-0.1, -0.05) is 29.8 Å². The molecule has 0 radical (unpaired) electrons. The zero-order valence-electron chi connectivity index (χ0n) is 9.59. The molecule has 0 amide bonds. The van der Waals surface area contributed by atoms with Crippen molar-refractivity contribution in [2.24, 2.45) is 7.05 Å². The van der Waals surface area contributed by atoms with Crippen molar-refractivity contribution >= 4 is 0 Å². The molecular formula is C13H16N2O. The predicted molar refractivity (Wildman–Crippen MR) is 63.1 cm³/mol. The largest absolute Gasteiger partial charge is 0.388 e. The Labute approximate surface area is 95.3 Å². The summed E-state index contributed by atoms with van der Waals surface area (Å²) in [6.07, 6.45) is 1.97. The number of aryl methyl sites for hydroxylation is 2. The van der Waals surface area contributed by atoms with Crippen LogP contribution in [0.15, 0.2) is 36.5 Å². The van der Waals surface area contributed by atoms with Crippen LogP contribution in [0.5, 0.6) is 0 Å². The first-order valence-corrected chi connectivity index (χ1v) is 5.38. The molecule has 3 nitrogen and oxygen atoms in total. The summed E-state index contributed by atoms with van der Waals surface area (Å²) in [5, 5.41) is 14.3. The second-order valence-electron chi connectivity index (χ2n) is 4.11. The van der Waals surface area contributed by atoms with Crippen LogP contribution in [0.2, 0.25) is 0 Å². The average molecular weight is 216 g/mol. The van der Waals surface area contributed by atoms with Crippen molar-refractivity contribution in [2.75, 3.05) is 0 Å². The quantitative estimate of drug-likeness (QED) is 0.852. The monoisotopic (exact) mass is 216 g/mol. The molecule has 16 heavy (non-hydrogen) atoms. The van der Waals surface area contributed by atoms with Crippen LogP contribution in [0.3, 0.4) is 0 Å². The minimum absolute atomic E-state index is 0.476. The molecule has 1 N–H and O–H groups in total. The number of aromatic nitrogens is 2. The number of aliphatic hydroxyl groups excluding tert-OH is 1. The molecule has 1 atom stereocenters. The summed E-state index contributed by atoms with van der Waals surface area (Å²) in [5.74, 6) is 0. The lowest BCUT2D eigenvalue weighted by molar-refractivity contribution is 0.177. The Kier molecular flexibility index (Phi) is 3.06. The summed E-state index contributed by atoms with van der Waals surface area (Å²) < 4.78 is 1.75. The van der Waals surface area contributed by atoms with E-state index in [-0.39, 0.29) is 0 Å². The maximum atomic E-state index is 10.0. The minimum Gasteiger partial charge on any atom is -0.388 e. The fourth-order valence-electron chi connectivity index (χ4n) is 1.68. The molecule has 3 heteroatoms. The second kappa shape index (κ2) is 4.49. The molecule has 1 aromatic heterocycles. The van der Waals surface area contributed by atoms with E-state index in [1.807, 2.05) is 50.5 Å². The van der Waals surface area contributed by atoms with Crippen LogP contribution >= 0.6 is 0 Å². The van der Waals surface area contributed by atoms with E-state index in [2.05, 4.69) is 5.10 Å². The fourth-order valence-corrected chi connectivity index (χ4v) is 1.68. The number of hydrogen-bond acceptors (Lipinski definition) is 2. The smallest absolute Gasteiger partial charge is 0.0846 e. The van der Waals surface area contributed by atoms with Gasteiger partial charge in [0.25, 0.3) is 0 Å². The van der Waals surface area contributed by atoms with E-state index in [1.165, 1.54) is 5.56 Å².